The fourth-order valence-corrected chi connectivity index (χ4v) is 3.19. The van der Waals surface area contributed by atoms with E-state index in [0.717, 1.165) is 44.7 Å². The number of rotatable bonds is 5. The van der Waals surface area contributed by atoms with Crippen LogP contribution in [0.5, 0.6) is 0 Å². The predicted molar refractivity (Wildman–Crippen MR) is 82.4 cm³/mol. The van der Waals surface area contributed by atoms with Crippen molar-refractivity contribution in [1.29, 1.82) is 0 Å². The van der Waals surface area contributed by atoms with Crippen LogP contribution in [0.15, 0.2) is 12.4 Å². The van der Waals surface area contributed by atoms with Crippen LogP contribution in [-0.2, 0) is 16.0 Å². The van der Waals surface area contributed by atoms with Gasteiger partial charge in [-0.25, -0.2) is 0 Å². The van der Waals surface area contributed by atoms with E-state index in [1.165, 1.54) is 6.42 Å². The Kier molecular flexibility index (Phi) is 4.80. The Bertz CT molecular complexity index is 440. The summed E-state index contributed by atoms with van der Waals surface area (Å²) in [4.78, 5) is 0. The maximum atomic E-state index is 5.82. The Morgan fingerprint density at radius 2 is 2.24 bits per heavy atom. The molecule has 0 aromatic carbocycles. The SMILES string of the molecule is CC(C)C1CC(Nc2cnn(CC3CCCO3)c2)CCO1. The summed E-state index contributed by atoms with van der Waals surface area (Å²) in [5.74, 6) is 0.580. The zero-order valence-corrected chi connectivity index (χ0v) is 13.1. The minimum atomic E-state index is 0.339. The summed E-state index contributed by atoms with van der Waals surface area (Å²) in [5.41, 5.74) is 1.11. The van der Waals surface area contributed by atoms with Gasteiger partial charge in [-0.2, -0.15) is 5.10 Å². The molecule has 0 bridgehead atoms. The molecule has 2 aliphatic heterocycles. The lowest BCUT2D eigenvalue weighted by atomic mass is 9.95. The van der Waals surface area contributed by atoms with Crippen molar-refractivity contribution in [3.8, 4) is 0 Å². The number of nitrogens with one attached hydrogen (secondary N) is 1. The molecule has 0 spiro atoms. The molecule has 1 N–H and O–H groups in total. The molecule has 1 aromatic heterocycles. The number of hydrogen-bond acceptors (Lipinski definition) is 4. The zero-order chi connectivity index (χ0) is 14.7. The Balaban J connectivity index is 1.51. The van der Waals surface area contributed by atoms with Crippen molar-refractivity contribution in [2.24, 2.45) is 5.92 Å². The number of anilines is 1. The first-order valence-electron chi connectivity index (χ1n) is 8.23. The van der Waals surface area contributed by atoms with Gasteiger partial charge < -0.3 is 14.8 Å². The second kappa shape index (κ2) is 6.79. The van der Waals surface area contributed by atoms with Crippen LogP contribution in [0.2, 0.25) is 0 Å². The Hall–Kier alpha value is -1.07. The summed E-state index contributed by atoms with van der Waals surface area (Å²) in [6.45, 7) is 7.07. The van der Waals surface area contributed by atoms with Crippen molar-refractivity contribution in [1.82, 2.24) is 9.78 Å². The van der Waals surface area contributed by atoms with Crippen molar-refractivity contribution < 1.29 is 9.47 Å². The molecular formula is C16H27N3O2. The fraction of sp³-hybridized carbons (Fsp3) is 0.812. The number of nitrogens with zero attached hydrogens (tertiary/aromatic N) is 2. The van der Waals surface area contributed by atoms with E-state index < -0.39 is 0 Å². The van der Waals surface area contributed by atoms with E-state index in [1.54, 1.807) is 0 Å². The highest BCUT2D eigenvalue weighted by atomic mass is 16.5. The molecule has 3 unspecified atom stereocenters. The van der Waals surface area contributed by atoms with Gasteiger partial charge in [0.25, 0.3) is 0 Å². The van der Waals surface area contributed by atoms with Crippen LogP contribution < -0.4 is 5.32 Å². The fourth-order valence-electron chi connectivity index (χ4n) is 3.19. The third-order valence-electron chi connectivity index (χ3n) is 4.48. The standard InChI is InChI=1S/C16H27N3O2/c1-12(2)16-8-13(5-7-21-16)18-14-9-17-19(10-14)11-15-4-3-6-20-15/h9-10,12-13,15-16,18H,3-8,11H2,1-2H3. The van der Waals surface area contributed by atoms with E-state index in [4.69, 9.17) is 9.47 Å². The molecule has 5 heteroatoms. The second-order valence-electron chi connectivity index (χ2n) is 6.60. The summed E-state index contributed by atoms with van der Waals surface area (Å²) in [7, 11) is 0. The van der Waals surface area contributed by atoms with Gasteiger partial charge in [0.15, 0.2) is 0 Å². The van der Waals surface area contributed by atoms with E-state index in [2.05, 4.69) is 30.5 Å². The first-order valence-corrected chi connectivity index (χ1v) is 8.23. The van der Waals surface area contributed by atoms with Gasteiger partial charge in [0.05, 0.1) is 30.6 Å². The first kappa shape index (κ1) is 14.9. The Labute approximate surface area is 127 Å². The highest BCUT2D eigenvalue weighted by molar-refractivity contribution is 5.39. The smallest absolute Gasteiger partial charge is 0.0771 e. The van der Waals surface area contributed by atoms with E-state index >= 15 is 0 Å². The van der Waals surface area contributed by atoms with Crippen molar-refractivity contribution in [3.63, 3.8) is 0 Å². The molecule has 2 fully saturated rings. The lowest BCUT2D eigenvalue weighted by Crippen LogP contribution is -2.36. The lowest BCUT2D eigenvalue weighted by molar-refractivity contribution is -0.0160. The highest BCUT2D eigenvalue weighted by Crippen LogP contribution is 2.23. The van der Waals surface area contributed by atoms with Crippen molar-refractivity contribution >= 4 is 5.69 Å². The monoisotopic (exact) mass is 293 g/mol. The Morgan fingerprint density at radius 1 is 1.33 bits per heavy atom. The maximum absolute atomic E-state index is 5.82. The second-order valence-corrected chi connectivity index (χ2v) is 6.60. The topological polar surface area (TPSA) is 48.3 Å². The molecule has 2 aliphatic rings. The molecule has 3 atom stereocenters. The molecule has 0 saturated carbocycles. The average molecular weight is 293 g/mol. The summed E-state index contributed by atoms with van der Waals surface area (Å²) >= 11 is 0. The molecule has 118 valence electrons. The van der Waals surface area contributed by atoms with Crippen LogP contribution in [0.25, 0.3) is 0 Å². The average Bonchev–Trinajstić information content (AvgIpc) is 3.12. The summed E-state index contributed by atoms with van der Waals surface area (Å²) in [5, 5.41) is 8.05. The zero-order valence-electron chi connectivity index (χ0n) is 13.1. The minimum absolute atomic E-state index is 0.339. The lowest BCUT2D eigenvalue weighted by Gasteiger charge is -2.32. The van der Waals surface area contributed by atoms with Crippen LogP contribution in [0, 0.1) is 5.92 Å². The number of ether oxygens (including phenoxy) is 2. The van der Waals surface area contributed by atoms with Gasteiger partial charge in [0, 0.05) is 25.5 Å². The Morgan fingerprint density at radius 3 is 3.00 bits per heavy atom. The quantitative estimate of drug-likeness (QED) is 0.907. The summed E-state index contributed by atoms with van der Waals surface area (Å²) < 4.78 is 13.5. The normalized spacial score (nSPS) is 30.0. The highest BCUT2D eigenvalue weighted by Gasteiger charge is 2.25. The van der Waals surface area contributed by atoms with Gasteiger partial charge in [-0.3, -0.25) is 4.68 Å². The van der Waals surface area contributed by atoms with Gasteiger partial charge >= 0.3 is 0 Å². The van der Waals surface area contributed by atoms with Gasteiger partial charge in [-0.15, -0.1) is 0 Å². The summed E-state index contributed by atoms with van der Waals surface area (Å²) in [6.07, 6.45) is 9.21. The molecule has 3 rings (SSSR count). The third-order valence-corrected chi connectivity index (χ3v) is 4.48. The van der Waals surface area contributed by atoms with E-state index in [1.807, 2.05) is 10.9 Å². The molecule has 3 heterocycles. The predicted octanol–water partition coefficient (Wildman–Crippen LogP) is 2.68. The molecule has 21 heavy (non-hydrogen) atoms. The molecule has 2 saturated heterocycles. The van der Waals surface area contributed by atoms with E-state index in [0.29, 0.717) is 24.2 Å². The van der Waals surface area contributed by atoms with Crippen LogP contribution in [-0.4, -0.2) is 41.2 Å². The summed E-state index contributed by atoms with van der Waals surface area (Å²) in [6, 6.07) is 0.492. The maximum Gasteiger partial charge on any atom is 0.0771 e. The minimum Gasteiger partial charge on any atom is -0.380 e. The van der Waals surface area contributed by atoms with Crippen molar-refractivity contribution in [3.05, 3.63) is 12.4 Å². The molecule has 0 amide bonds. The molecule has 1 aromatic rings. The first-order chi connectivity index (χ1) is 10.2. The van der Waals surface area contributed by atoms with Gasteiger partial charge in [0.2, 0.25) is 0 Å². The van der Waals surface area contributed by atoms with E-state index in [9.17, 15) is 0 Å². The molecule has 5 nitrogen and oxygen atoms in total. The number of hydrogen-bond donors (Lipinski definition) is 1. The van der Waals surface area contributed by atoms with Crippen molar-refractivity contribution in [2.75, 3.05) is 18.5 Å². The van der Waals surface area contributed by atoms with Gasteiger partial charge in [-0.1, -0.05) is 13.8 Å². The van der Waals surface area contributed by atoms with Gasteiger partial charge in [-0.05, 0) is 31.6 Å². The van der Waals surface area contributed by atoms with Crippen LogP contribution >= 0.6 is 0 Å². The number of aromatic nitrogens is 2. The van der Waals surface area contributed by atoms with E-state index in [-0.39, 0.29) is 0 Å². The van der Waals surface area contributed by atoms with Crippen molar-refractivity contribution in [2.45, 2.75) is 64.3 Å². The largest absolute Gasteiger partial charge is 0.380 e. The van der Waals surface area contributed by atoms with Gasteiger partial charge in [0.1, 0.15) is 0 Å². The van der Waals surface area contributed by atoms with Crippen LogP contribution in [0.4, 0.5) is 5.69 Å². The third kappa shape index (κ3) is 3.98. The molecular weight excluding hydrogens is 266 g/mol. The van der Waals surface area contributed by atoms with Crippen LogP contribution in [0.1, 0.15) is 39.5 Å². The van der Waals surface area contributed by atoms with Crippen LogP contribution in [0.3, 0.4) is 0 Å². The molecule has 0 aliphatic carbocycles. The molecule has 0 radical (unpaired) electrons.